The van der Waals surface area contributed by atoms with Crippen molar-refractivity contribution in [2.75, 3.05) is 23.9 Å². The smallest absolute Gasteiger partial charge is 0.229 e. The zero-order chi connectivity index (χ0) is 18.7. The van der Waals surface area contributed by atoms with Crippen molar-refractivity contribution in [2.45, 2.75) is 13.3 Å². The third-order valence-electron chi connectivity index (χ3n) is 4.42. The van der Waals surface area contributed by atoms with Crippen molar-refractivity contribution in [1.82, 2.24) is 0 Å². The summed E-state index contributed by atoms with van der Waals surface area (Å²) in [7, 11) is 1.56. The largest absolute Gasteiger partial charge is 0.497 e. The summed E-state index contributed by atoms with van der Waals surface area (Å²) in [4.78, 5) is 37.8. The molecule has 2 aromatic rings. The van der Waals surface area contributed by atoms with E-state index in [0.29, 0.717) is 29.2 Å². The van der Waals surface area contributed by atoms with E-state index in [1.165, 1.54) is 6.92 Å². The molecule has 1 aliphatic heterocycles. The van der Waals surface area contributed by atoms with Crippen LogP contribution in [0.3, 0.4) is 0 Å². The summed E-state index contributed by atoms with van der Waals surface area (Å²) >= 11 is 0. The molecule has 1 saturated heterocycles. The van der Waals surface area contributed by atoms with Gasteiger partial charge < -0.3 is 15.0 Å². The van der Waals surface area contributed by atoms with Crippen LogP contribution in [0.15, 0.2) is 48.5 Å². The van der Waals surface area contributed by atoms with Gasteiger partial charge in [0.05, 0.1) is 13.0 Å². The van der Waals surface area contributed by atoms with Crippen molar-refractivity contribution in [1.29, 1.82) is 0 Å². The highest BCUT2D eigenvalue weighted by molar-refractivity contribution is 6.04. The van der Waals surface area contributed by atoms with Gasteiger partial charge in [0.15, 0.2) is 5.78 Å². The van der Waals surface area contributed by atoms with Crippen molar-refractivity contribution < 1.29 is 19.1 Å². The van der Waals surface area contributed by atoms with E-state index in [9.17, 15) is 14.4 Å². The lowest BCUT2D eigenvalue weighted by atomic mass is 10.1. The summed E-state index contributed by atoms with van der Waals surface area (Å²) in [6.45, 7) is 1.81. The number of carbonyl (C=O) groups is 3. The van der Waals surface area contributed by atoms with E-state index in [1.54, 1.807) is 60.5 Å². The van der Waals surface area contributed by atoms with E-state index in [1.807, 2.05) is 0 Å². The van der Waals surface area contributed by atoms with Gasteiger partial charge in [-0.1, -0.05) is 6.07 Å². The first-order chi connectivity index (χ1) is 12.5. The van der Waals surface area contributed by atoms with E-state index in [4.69, 9.17) is 4.74 Å². The first-order valence-electron chi connectivity index (χ1n) is 8.34. The molecule has 0 aliphatic carbocycles. The minimum atomic E-state index is -0.429. The summed E-state index contributed by atoms with van der Waals surface area (Å²) in [5.74, 6) is -0.112. The fourth-order valence-corrected chi connectivity index (χ4v) is 2.95. The summed E-state index contributed by atoms with van der Waals surface area (Å²) in [6, 6.07) is 13.9. The van der Waals surface area contributed by atoms with Crippen molar-refractivity contribution >= 4 is 29.0 Å². The van der Waals surface area contributed by atoms with Gasteiger partial charge in [-0.2, -0.15) is 0 Å². The second kappa shape index (κ2) is 7.39. The van der Waals surface area contributed by atoms with E-state index in [-0.39, 0.29) is 24.0 Å². The molecule has 0 aromatic heterocycles. The second-order valence-electron chi connectivity index (χ2n) is 6.23. The molecule has 0 radical (unpaired) electrons. The summed E-state index contributed by atoms with van der Waals surface area (Å²) < 4.78 is 5.14. The molecule has 6 heteroatoms. The number of ketones is 1. The highest BCUT2D eigenvalue weighted by atomic mass is 16.5. The molecule has 2 amide bonds. The number of nitrogens with zero attached hydrogens (tertiary/aromatic N) is 1. The van der Waals surface area contributed by atoms with Gasteiger partial charge in [-0.25, -0.2) is 0 Å². The third-order valence-corrected chi connectivity index (χ3v) is 4.42. The predicted octanol–water partition coefficient (Wildman–Crippen LogP) is 2.89. The van der Waals surface area contributed by atoms with Gasteiger partial charge in [0.25, 0.3) is 0 Å². The van der Waals surface area contributed by atoms with Crippen LogP contribution in [-0.2, 0) is 9.59 Å². The van der Waals surface area contributed by atoms with Crippen LogP contribution < -0.4 is 15.0 Å². The van der Waals surface area contributed by atoms with Gasteiger partial charge in [0.1, 0.15) is 5.75 Å². The summed E-state index contributed by atoms with van der Waals surface area (Å²) in [5.41, 5.74) is 1.91. The van der Waals surface area contributed by atoms with Gasteiger partial charge in [0.2, 0.25) is 11.8 Å². The van der Waals surface area contributed by atoms with Crippen LogP contribution in [0.1, 0.15) is 23.7 Å². The van der Waals surface area contributed by atoms with E-state index >= 15 is 0 Å². The molecule has 1 aliphatic rings. The standard InChI is InChI=1S/C20H20N2O4/c1-13(23)14-6-8-17(9-7-14)22-12-15(10-19(22)24)20(25)21-16-4-3-5-18(11-16)26-2/h3-9,11,15H,10,12H2,1-2H3,(H,21,25). The third kappa shape index (κ3) is 3.74. The van der Waals surface area contributed by atoms with E-state index in [2.05, 4.69) is 5.32 Å². The van der Waals surface area contributed by atoms with Crippen molar-refractivity contribution in [2.24, 2.45) is 5.92 Å². The monoisotopic (exact) mass is 352 g/mol. The number of amides is 2. The van der Waals surface area contributed by atoms with Crippen LogP contribution in [0.4, 0.5) is 11.4 Å². The van der Waals surface area contributed by atoms with E-state index < -0.39 is 5.92 Å². The molecule has 26 heavy (non-hydrogen) atoms. The molecular weight excluding hydrogens is 332 g/mol. The maximum absolute atomic E-state index is 12.5. The molecule has 3 rings (SSSR count). The minimum absolute atomic E-state index is 0.0279. The Balaban J connectivity index is 1.68. The Hall–Kier alpha value is -3.15. The van der Waals surface area contributed by atoms with Gasteiger partial charge in [-0.05, 0) is 43.3 Å². The van der Waals surface area contributed by atoms with Gasteiger partial charge >= 0.3 is 0 Å². The summed E-state index contributed by atoms with van der Waals surface area (Å²) in [6.07, 6.45) is 0.157. The van der Waals surface area contributed by atoms with Gasteiger partial charge in [-0.3, -0.25) is 14.4 Å². The summed E-state index contributed by atoms with van der Waals surface area (Å²) in [5, 5.41) is 2.83. The molecule has 1 atom stereocenters. The molecule has 0 bridgehead atoms. The molecule has 1 fully saturated rings. The number of nitrogens with one attached hydrogen (secondary N) is 1. The van der Waals surface area contributed by atoms with Crippen molar-refractivity contribution in [3.8, 4) is 5.75 Å². The first-order valence-corrected chi connectivity index (χ1v) is 8.34. The van der Waals surface area contributed by atoms with E-state index in [0.717, 1.165) is 0 Å². The fourth-order valence-electron chi connectivity index (χ4n) is 2.95. The molecule has 1 N–H and O–H groups in total. The number of hydrogen-bond acceptors (Lipinski definition) is 4. The number of carbonyl (C=O) groups excluding carboxylic acids is 3. The molecule has 0 spiro atoms. The molecular formula is C20H20N2O4. The van der Waals surface area contributed by atoms with Crippen LogP contribution >= 0.6 is 0 Å². The Morgan fingerprint density at radius 3 is 2.54 bits per heavy atom. The number of anilines is 2. The Labute approximate surface area is 151 Å². The van der Waals surface area contributed by atoms with Crippen molar-refractivity contribution in [3.63, 3.8) is 0 Å². The topological polar surface area (TPSA) is 75.7 Å². The quantitative estimate of drug-likeness (QED) is 0.840. The Morgan fingerprint density at radius 2 is 1.88 bits per heavy atom. The predicted molar refractivity (Wildman–Crippen MR) is 98.5 cm³/mol. The van der Waals surface area contributed by atoms with Crippen LogP contribution in [0.5, 0.6) is 5.75 Å². The molecule has 1 heterocycles. The molecule has 0 saturated carbocycles. The lowest BCUT2D eigenvalue weighted by molar-refractivity contribution is -0.122. The highest BCUT2D eigenvalue weighted by Gasteiger charge is 2.35. The van der Waals surface area contributed by atoms with Crippen LogP contribution in [0, 0.1) is 5.92 Å². The second-order valence-corrected chi connectivity index (χ2v) is 6.23. The van der Waals surface area contributed by atoms with Gasteiger partial charge in [0, 0.05) is 36.0 Å². The number of methoxy groups -OCH3 is 1. The zero-order valence-corrected chi connectivity index (χ0v) is 14.7. The fraction of sp³-hybridized carbons (Fsp3) is 0.250. The van der Waals surface area contributed by atoms with Crippen molar-refractivity contribution in [3.05, 3.63) is 54.1 Å². The maximum atomic E-state index is 12.5. The van der Waals surface area contributed by atoms with Crippen LogP contribution in [0.2, 0.25) is 0 Å². The maximum Gasteiger partial charge on any atom is 0.229 e. The minimum Gasteiger partial charge on any atom is -0.497 e. The Bertz CT molecular complexity index is 845. The molecule has 6 nitrogen and oxygen atoms in total. The van der Waals surface area contributed by atoms with Gasteiger partial charge in [-0.15, -0.1) is 0 Å². The average Bonchev–Trinajstić information content (AvgIpc) is 3.04. The lowest BCUT2D eigenvalue weighted by Gasteiger charge is -2.17. The first kappa shape index (κ1) is 17.7. The Kier molecular flexibility index (Phi) is 5.02. The molecule has 134 valence electrons. The number of Topliss-reactive ketones (excluding diaryl/α,β-unsaturated/α-hetero) is 1. The number of ether oxygens (including phenoxy) is 1. The lowest BCUT2D eigenvalue weighted by Crippen LogP contribution is -2.28. The molecule has 2 aromatic carbocycles. The average molecular weight is 352 g/mol. The highest BCUT2D eigenvalue weighted by Crippen LogP contribution is 2.27. The van der Waals surface area contributed by atoms with Crippen LogP contribution in [0.25, 0.3) is 0 Å². The Morgan fingerprint density at radius 1 is 1.15 bits per heavy atom. The number of rotatable bonds is 5. The normalized spacial score (nSPS) is 16.5. The number of hydrogen-bond donors (Lipinski definition) is 1. The SMILES string of the molecule is COc1cccc(NC(=O)C2CC(=O)N(c3ccc(C(C)=O)cc3)C2)c1. The zero-order valence-electron chi connectivity index (χ0n) is 14.7. The van der Waals surface area contributed by atoms with Crippen LogP contribution in [-0.4, -0.2) is 31.3 Å². The number of benzene rings is 2. The molecule has 1 unspecified atom stereocenters.